The highest BCUT2D eigenvalue weighted by molar-refractivity contribution is 5.96. The van der Waals surface area contributed by atoms with Gasteiger partial charge in [-0.25, -0.2) is 0 Å². The number of hydrogen-bond acceptors (Lipinski definition) is 4. The van der Waals surface area contributed by atoms with Gasteiger partial charge < -0.3 is 14.4 Å². The van der Waals surface area contributed by atoms with Gasteiger partial charge >= 0.3 is 0 Å². The van der Waals surface area contributed by atoms with E-state index in [0.717, 1.165) is 51.7 Å². The molecule has 0 aromatic heterocycles. The van der Waals surface area contributed by atoms with Crippen molar-refractivity contribution < 1.29 is 14.3 Å². The van der Waals surface area contributed by atoms with Crippen LogP contribution in [0, 0.1) is 0 Å². The first-order valence-corrected chi connectivity index (χ1v) is 13.0. The number of rotatable bonds is 7. The number of aryl methyl sites for hydroxylation is 2. The zero-order chi connectivity index (χ0) is 24.9. The number of Topliss-reactive ketones (excluding diaryl/α,β-unsaturated/α-hetero) is 1. The maximum atomic E-state index is 12.8. The number of likely N-dealkylation sites (tertiary alicyclic amines) is 1. The van der Waals surface area contributed by atoms with E-state index in [-0.39, 0.29) is 5.78 Å². The van der Waals surface area contributed by atoms with Gasteiger partial charge in [-0.05, 0) is 84.7 Å². The highest BCUT2D eigenvalue weighted by atomic mass is 16.5. The maximum Gasteiger partial charge on any atom is 0.163 e. The SMILES string of the molecule is COc1ccc(C(=O)CCCN2CCC(=C3c4ccccc4CCc4ccccc43)CC2)cc1OC. The largest absolute Gasteiger partial charge is 0.493 e. The van der Waals surface area contributed by atoms with Gasteiger partial charge in [0.25, 0.3) is 0 Å². The summed E-state index contributed by atoms with van der Waals surface area (Å²) < 4.78 is 10.6. The van der Waals surface area contributed by atoms with Crippen LogP contribution in [-0.4, -0.2) is 44.5 Å². The second-order valence-electron chi connectivity index (χ2n) is 9.73. The highest BCUT2D eigenvalue weighted by Gasteiger charge is 2.23. The van der Waals surface area contributed by atoms with Crippen LogP contribution in [0.25, 0.3) is 5.57 Å². The van der Waals surface area contributed by atoms with E-state index in [0.29, 0.717) is 23.5 Å². The first kappa shape index (κ1) is 24.3. The Bertz CT molecular complexity index is 1220. The number of ketones is 1. The zero-order valence-electron chi connectivity index (χ0n) is 21.4. The van der Waals surface area contributed by atoms with Crippen molar-refractivity contribution in [2.24, 2.45) is 0 Å². The maximum absolute atomic E-state index is 12.8. The first-order valence-electron chi connectivity index (χ1n) is 13.0. The number of carbonyl (C=O) groups excluding carboxylic acids is 1. The van der Waals surface area contributed by atoms with Crippen molar-refractivity contribution in [2.45, 2.75) is 38.5 Å². The molecule has 1 aliphatic carbocycles. The molecular weight excluding hydrogens is 446 g/mol. The molecule has 0 N–H and O–H groups in total. The van der Waals surface area contributed by atoms with Gasteiger partial charge in [-0.3, -0.25) is 4.79 Å². The van der Waals surface area contributed by atoms with Crippen molar-refractivity contribution in [1.29, 1.82) is 0 Å². The molecule has 0 spiro atoms. The normalized spacial score (nSPS) is 15.6. The summed E-state index contributed by atoms with van der Waals surface area (Å²) in [6.07, 6.45) is 5.78. The number of ether oxygens (including phenoxy) is 2. The number of nitrogens with zero attached hydrogens (tertiary/aromatic N) is 1. The fourth-order valence-corrected chi connectivity index (χ4v) is 5.67. The predicted molar refractivity (Wildman–Crippen MR) is 145 cm³/mol. The van der Waals surface area contributed by atoms with Crippen molar-refractivity contribution in [3.63, 3.8) is 0 Å². The molecule has 3 aromatic carbocycles. The first-order chi connectivity index (χ1) is 17.7. The highest BCUT2D eigenvalue weighted by Crippen LogP contribution is 2.38. The topological polar surface area (TPSA) is 38.8 Å². The fraction of sp³-hybridized carbons (Fsp3) is 0.344. The van der Waals surface area contributed by atoms with Crippen molar-refractivity contribution in [2.75, 3.05) is 33.9 Å². The minimum atomic E-state index is 0.155. The summed E-state index contributed by atoms with van der Waals surface area (Å²) in [4.78, 5) is 15.3. The van der Waals surface area contributed by atoms with E-state index < -0.39 is 0 Å². The second-order valence-corrected chi connectivity index (χ2v) is 9.73. The molecular formula is C32H35NO3. The summed E-state index contributed by atoms with van der Waals surface area (Å²) in [5.74, 6) is 1.40. The number of benzene rings is 3. The molecule has 36 heavy (non-hydrogen) atoms. The lowest BCUT2D eigenvalue weighted by Gasteiger charge is -2.30. The van der Waals surface area contributed by atoms with Crippen LogP contribution in [0.15, 0.2) is 72.3 Å². The molecule has 3 aromatic rings. The number of piperidine rings is 1. The Morgan fingerprint density at radius 3 is 2.00 bits per heavy atom. The van der Waals surface area contributed by atoms with Gasteiger partial charge in [0, 0.05) is 25.1 Å². The third-order valence-electron chi connectivity index (χ3n) is 7.63. The van der Waals surface area contributed by atoms with Crippen molar-refractivity contribution >= 4 is 11.4 Å². The summed E-state index contributed by atoms with van der Waals surface area (Å²) >= 11 is 0. The molecule has 1 aliphatic heterocycles. The quantitative estimate of drug-likeness (QED) is 0.368. The molecule has 1 saturated heterocycles. The smallest absolute Gasteiger partial charge is 0.163 e. The molecule has 1 heterocycles. The molecule has 0 amide bonds. The van der Waals surface area contributed by atoms with Gasteiger partial charge in [0.05, 0.1) is 14.2 Å². The molecule has 0 unspecified atom stereocenters. The van der Waals surface area contributed by atoms with Gasteiger partial charge in [-0.2, -0.15) is 0 Å². The summed E-state index contributed by atoms with van der Waals surface area (Å²) in [5.41, 5.74) is 9.51. The van der Waals surface area contributed by atoms with Gasteiger partial charge in [-0.1, -0.05) is 54.1 Å². The van der Waals surface area contributed by atoms with Crippen molar-refractivity contribution in [1.82, 2.24) is 4.90 Å². The molecule has 1 fully saturated rings. The molecule has 0 saturated carbocycles. The number of carbonyl (C=O) groups is 1. The van der Waals surface area contributed by atoms with E-state index in [1.165, 1.54) is 27.8 Å². The van der Waals surface area contributed by atoms with Crippen LogP contribution in [0.1, 0.15) is 58.3 Å². The van der Waals surface area contributed by atoms with Gasteiger partial charge in [-0.15, -0.1) is 0 Å². The second kappa shape index (κ2) is 11.1. The average molecular weight is 482 g/mol. The van der Waals surface area contributed by atoms with Gasteiger partial charge in [0.2, 0.25) is 0 Å². The van der Waals surface area contributed by atoms with E-state index >= 15 is 0 Å². The Morgan fingerprint density at radius 2 is 1.39 bits per heavy atom. The summed E-state index contributed by atoms with van der Waals surface area (Å²) in [7, 11) is 3.20. The van der Waals surface area contributed by atoms with Gasteiger partial charge in [0.1, 0.15) is 0 Å². The van der Waals surface area contributed by atoms with Crippen molar-refractivity contribution in [3.8, 4) is 11.5 Å². The average Bonchev–Trinajstić information content (AvgIpc) is 3.10. The molecule has 4 nitrogen and oxygen atoms in total. The molecule has 0 radical (unpaired) electrons. The Kier molecular flexibility index (Phi) is 7.52. The minimum Gasteiger partial charge on any atom is -0.493 e. The molecule has 2 aliphatic rings. The van der Waals surface area contributed by atoms with Crippen LogP contribution in [0.3, 0.4) is 0 Å². The third kappa shape index (κ3) is 5.10. The zero-order valence-corrected chi connectivity index (χ0v) is 21.4. The van der Waals surface area contributed by atoms with E-state index in [4.69, 9.17) is 9.47 Å². The van der Waals surface area contributed by atoms with Crippen LogP contribution in [-0.2, 0) is 12.8 Å². The molecule has 186 valence electrons. The number of fused-ring (bicyclic) bond motifs is 2. The Morgan fingerprint density at radius 1 is 0.778 bits per heavy atom. The summed E-state index contributed by atoms with van der Waals surface area (Å²) in [5, 5.41) is 0. The standard InChI is InChI=1S/C32H35NO3/c1-35-30-16-15-26(22-31(30)36-2)29(34)12-7-19-33-20-17-25(18-21-33)32-27-10-5-3-8-23(27)13-14-24-9-4-6-11-28(24)32/h3-6,8-11,15-16,22H,7,12-14,17-21H2,1-2H3. The molecule has 5 rings (SSSR count). The molecule has 0 bridgehead atoms. The Hall–Kier alpha value is -3.37. The summed E-state index contributed by atoms with van der Waals surface area (Å²) in [6, 6.07) is 23.3. The van der Waals surface area contributed by atoms with E-state index in [1.807, 2.05) is 6.07 Å². The lowest BCUT2D eigenvalue weighted by Crippen LogP contribution is -2.32. The fourth-order valence-electron chi connectivity index (χ4n) is 5.67. The lowest BCUT2D eigenvalue weighted by atomic mass is 9.86. The van der Waals surface area contributed by atoms with E-state index in [1.54, 1.807) is 31.9 Å². The molecule has 4 heteroatoms. The predicted octanol–water partition coefficient (Wildman–Crippen LogP) is 6.36. The van der Waals surface area contributed by atoms with E-state index in [9.17, 15) is 4.79 Å². The van der Waals surface area contributed by atoms with Crippen molar-refractivity contribution in [3.05, 3.63) is 100 Å². The van der Waals surface area contributed by atoms with Crippen LogP contribution in [0.2, 0.25) is 0 Å². The van der Waals surface area contributed by atoms with Crippen LogP contribution in [0.4, 0.5) is 0 Å². The minimum absolute atomic E-state index is 0.155. The number of hydrogen-bond donors (Lipinski definition) is 0. The Labute approximate surface area is 214 Å². The van der Waals surface area contributed by atoms with Crippen LogP contribution < -0.4 is 9.47 Å². The van der Waals surface area contributed by atoms with Crippen LogP contribution >= 0.6 is 0 Å². The van der Waals surface area contributed by atoms with Gasteiger partial charge in [0.15, 0.2) is 17.3 Å². The van der Waals surface area contributed by atoms with E-state index in [2.05, 4.69) is 53.4 Å². The monoisotopic (exact) mass is 481 g/mol. The van der Waals surface area contributed by atoms with Crippen LogP contribution in [0.5, 0.6) is 11.5 Å². The lowest BCUT2D eigenvalue weighted by molar-refractivity contribution is 0.0973. The number of methoxy groups -OCH3 is 2. The Balaban J connectivity index is 1.24. The summed E-state index contributed by atoms with van der Waals surface area (Å²) in [6.45, 7) is 3.05. The molecule has 0 atom stereocenters. The third-order valence-corrected chi connectivity index (χ3v) is 7.63.